The Hall–Kier alpha value is -2.47. The molecular weight excluding hydrogens is 270 g/mol. The summed E-state index contributed by atoms with van der Waals surface area (Å²) < 4.78 is 0. The summed E-state index contributed by atoms with van der Waals surface area (Å²) in [6.07, 6.45) is 5.21. The van der Waals surface area contributed by atoms with E-state index in [2.05, 4.69) is 20.3 Å². The van der Waals surface area contributed by atoms with Crippen LogP contribution in [0.3, 0.4) is 0 Å². The number of hydrogen-bond donors (Lipinski definition) is 2. The highest BCUT2D eigenvalue weighted by atomic mass is 32.1. The van der Waals surface area contributed by atoms with Gasteiger partial charge in [-0.1, -0.05) is 0 Å². The molecule has 20 heavy (non-hydrogen) atoms. The molecule has 0 amide bonds. The number of thiophene rings is 1. The molecule has 100 valence electrons. The van der Waals surface area contributed by atoms with Gasteiger partial charge in [0.15, 0.2) is 11.6 Å². The molecule has 3 aromatic rings. The highest BCUT2D eigenvalue weighted by molar-refractivity contribution is 7.08. The average Bonchev–Trinajstić information content (AvgIpc) is 3.02. The first-order valence-electron chi connectivity index (χ1n) is 6.11. The van der Waals surface area contributed by atoms with Crippen molar-refractivity contribution in [3.05, 3.63) is 53.1 Å². The second kappa shape index (κ2) is 5.66. The number of nitrogens with two attached hydrogens (primary N) is 1. The molecule has 0 aliphatic heterocycles. The van der Waals surface area contributed by atoms with Gasteiger partial charge in [-0.15, -0.1) is 0 Å². The minimum Gasteiger partial charge on any atom is -0.381 e. The van der Waals surface area contributed by atoms with Gasteiger partial charge in [-0.3, -0.25) is 4.98 Å². The molecule has 0 fully saturated rings. The molecule has 0 aliphatic carbocycles. The number of nitrogens with one attached hydrogen (secondary N) is 1. The van der Waals surface area contributed by atoms with Crippen LogP contribution in [-0.2, 0) is 6.54 Å². The van der Waals surface area contributed by atoms with E-state index in [9.17, 15) is 0 Å². The molecule has 0 bridgehead atoms. The van der Waals surface area contributed by atoms with E-state index in [0.717, 1.165) is 16.8 Å². The molecule has 0 spiro atoms. The number of nitrogen functional groups attached to an aromatic ring is 1. The number of rotatable bonds is 4. The molecule has 0 saturated carbocycles. The molecule has 0 atom stereocenters. The summed E-state index contributed by atoms with van der Waals surface area (Å²) in [4.78, 5) is 12.7. The first-order chi connectivity index (χ1) is 9.83. The zero-order valence-electron chi connectivity index (χ0n) is 10.7. The summed E-state index contributed by atoms with van der Waals surface area (Å²) in [6, 6.07) is 5.90. The van der Waals surface area contributed by atoms with E-state index < -0.39 is 0 Å². The standard InChI is InChI=1S/C14H13N5S/c15-13-14(18-7-10-1-4-16-5-2-10)19-12(8-17-13)11-3-6-20-9-11/h1-6,8-9H,7H2,(H2,15,17)(H,18,19). The van der Waals surface area contributed by atoms with E-state index >= 15 is 0 Å². The van der Waals surface area contributed by atoms with Crippen LogP contribution < -0.4 is 11.1 Å². The molecule has 6 heteroatoms. The lowest BCUT2D eigenvalue weighted by Gasteiger charge is -2.09. The maximum atomic E-state index is 5.86. The van der Waals surface area contributed by atoms with Crippen molar-refractivity contribution in [1.82, 2.24) is 15.0 Å². The minimum absolute atomic E-state index is 0.401. The zero-order valence-corrected chi connectivity index (χ0v) is 11.5. The van der Waals surface area contributed by atoms with Gasteiger partial charge in [0.1, 0.15) is 0 Å². The second-order valence-electron chi connectivity index (χ2n) is 4.21. The number of nitrogens with zero attached hydrogens (tertiary/aromatic N) is 3. The van der Waals surface area contributed by atoms with Crippen molar-refractivity contribution in [2.24, 2.45) is 0 Å². The lowest BCUT2D eigenvalue weighted by molar-refractivity contribution is 1.08. The Labute approximate surface area is 120 Å². The van der Waals surface area contributed by atoms with Crippen LogP contribution in [-0.4, -0.2) is 15.0 Å². The fourth-order valence-corrected chi connectivity index (χ4v) is 2.41. The molecule has 0 radical (unpaired) electrons. The summed E-state index contributed by atoms with van der Waals surface area (Å²) in [6.45, 7) is 0.633. The van der Waals surface area contributed by atoms with Gasteiger partial charge in [0, 0.05) is 29.9 Å². The van der Waals surface area contributed by atoms with Gasteiger partial charge in [0.05, 0.1) is 11.9 Å². The van der Waals surface area contributed by atoms with Crippen LogP contribution in [0.5, 0.6) is 0 Å². The van der Waals surface area contributed by atoms with Gasteiger partial charge < -0.3 is 11.1 Å². The topological polar surface area (TPSA) is 76.7 Å². The van der Waals surface area contributed by atoms with Gasteiger partial charge in [-0.05, 0) is 29.1 Å². The lowest BCUT2D eigenvalue weighted by atomic mass is 10.2. The molecule has 3 N–H and O–H groups in total. The Morgan fingerprint density at radius 2 is 2.05 bits per heavy atom. The fraction of sp³-hybridized carbons (Fsp3) is 0.0714. The highest BCUT2D eigenvalue weighted by Crippen LogP contribution is 2.23. The summed E-state index contributed by atoms with van der Waals surface area (Å²) in [5.41, 5.74) is 8.84. The molecular formula is C14H13N5S. The first kappa shape index (κ1) is 12.6. The Morgan fingerprint density at radius 1 is 1.20 bits per heavy atom. The summed E-state index contributed by atoms with van der Waals surface area (Å²) >= 11 is 1.63. The SMILES string of the molecule is Nc1ncc(-c2ccsc2)nc1NCc1ccncc1. The zero-order chi connectivity index (χ0) is 13.8. The van der Waals surface area contributed by atoms with Crippen LogP contribution in [0.2, 0.25) is 0 Å². The van der Waals surface area contributed by atoms with Crippen molar-refractivity contribution in [3.8, 4) is 11.3 Å². The van der Waals surface area contributed by atoms with Crippen molar-refractivity contribution in [3.63, 3.8) is 0 Å². The smallest absolute Gasteiger partial charge is 0.169 e. The van der Waals surface area contributed by atoms with Gasteiger partial charge in [-0.25, -0.2) is 9.97 Å². The third-order valence-electron chi connectivity index (χ3n) is 2.83. The highest BCUT2D eigenvalue weighted by Gasteiger charge is 2.06. The van der Waals surface area contributed by atoms with Gasteiger partial charge in [0.2, 0.25) is 0 Å². The lowest BCUT2D eigenvalue weighted by Crippen LogP contribution is -2.06. The van der Waals surface area contributed by atoms with Crippen LogP contribution in [0.4, 0.5) is 11.6 Å². The van der Waals surface area contributed by atoms with Crippen molar-refractivity contribution < 1.29 is 0 Å². The number of hydrogen-bond acceptors (Lipinski definition) is 6. The van der Waals surface area contributed by atoms with Crippen LogP contribution in [0.1, 0.15) is 5.56 Å². The molecule has 5 nitrogen and oxygen atoms in total. The maximum absolute atomic E-state index is 5.86. The third kappa shape index (κ3) is 2.75. The normalized spacial score (nSPS) is 10.4. The van der Waals surface area contributed by atoms with Crippen molar-refractivity contribution in [1.29, 1.82) is 0 Å². The number of aromatic nitrogens is 3. The molecule has 3 aromatic heterocycles. The Kier molecular flexibility index (Phi) is 3.56. The summed E-state index contributed by atoms with van der Waals surface area (Å²) in [5.74, 6) is 1.00. The van der Waals surface area contributed by atoms with Gasteiger partial charge >= 0.3 is 0 Å². The summed E-state index contributed by atoms with van der Waals surface area (Å²) in [5, 5.41) is 7.25. The molecule has 0 aliphatic rings. The average molecular weight is 283 g/mol. The Bertz CT molecular complexity index is 682. The quantitative estimate of drug-likeness (QED) is 0.770. The second-order valence-corrected chi connectivity index (χ2v) is 4.99. The van der Waals surface area contributed by atoms with Crippen LogP contribution in [0, 0.1) is 0 Å². The number of anilines is 2. The van der Waals surface area contributed by atoms with E-state index in [1.807, 2.05) is 29.0 Å². The van der Waals surface area contributed by atoms with Crippen LogP contribution in [0.15, 0.2) is 47.5 Å². The molecule has 0 unspecified atom stereocenters. The van der Waals surface area contributed by atoms with Gasteiger partial charge in [0.25, 0.3) is 0 Å². The minimum atomic E-state index is 0.401. The predicted octanol–water partition coefficient (Wildman–Crippen LogP) is 2.79. The molecule has 3 rings (SSSR count). The van der Waals surface area contributed by atoms with E-state index in [1.165, 1.54) is 0 Å². The van der Waals surface area contributed by atoms with E-state index in [1.54, 1.807) is 29.9 Å². The van der Waals surface area contributed by atoms with Crippen LogP contribution >= 0.6 is 11.3 Å². The Morgan fingerprint density at radius 3 is 2.80 bits per heavy atom. The predicted molar refractivity (Wildman–Crippen MR) is 81.3 cm³/mol. The monoisotopic (exact) mass is 283 g/mol. The molecule has 0 aromatic carbocycles. The van der Waals surface area contributed by atoms with Crippen molar-refractivity contribution in [2.45, 2.75) is 6.54 Å². The van der Waals surface area contributed by atoms with E-state index in [-0.39, 0.29) is 0 Å². The Balaban J connectivity index is 1.80. The largest absolute Gasteiger partial charge is 0.381 e. The third-order valence-corrected chi connectivity index (χ3v) is 3.51. The van der Waals surface area contributed by atoms with E-state index in [0.29, 0.717) is 18.2 Å². The maximum Gasteiger partial charge on any atom is 0.169 e. The van der Waals surface area contributed by atoms with Crippen molar-refractivity contribution >= 4 is 23.0 Å². The number of pyridine rings is 1. The molecule has 0 saturated heterocycles. The fourth-order valence-electron chi connectivity index (χ4n) is 1.76. The van der Waals surface area contributed by atoms with Gasteiger partial charge in [-0.2, -0.15) is 11.3 Å². The first-order valence-corrected chi connectivity index (χ1v) is 7.05. The van der Waals surface area contributed by atoms with Crippen molar-refractivity contribution in [2.75, 3.05) is 11.1 Å². The summed E-state index contributed by atoms with van der Waals surface area (Å²) in [7, 11) is 0. The van der Waals surface area contributed by atoms with Crippen LogP contribution in [0.25, 0.3) is 11.3 Å². The van der Waals surface area contributed by atoms with E-state index in [4.69, 9.17) is 5.73 Å². The molecule has 3 heterocycles.